The molecule has 6 nitrogen and oxygen atoms in total. The third-order valence-corrected chi connectivity index (χ3v) is 8.01. The highest BCUT2D eigenvalue weighted by Gasteiger charge is 2.38. The van der Waals surface area contributed by atoms with Gasteiger partial charge in [-0.05, 0) is 93.6 Å². The van der Waals surface area contributed by atoms with Crippen LogP contribution in [0.15, 0.2) is 36.4 Å². The fourth-order valence-corrected chi connectivity index (χ4v) is 5.73. The van der Waals surface area contributed by atoms with Gasteiger partial charge < -0.3 is 19.6 Å². The van der Waals surface area contributed by atoms with E-state index in [0.29, 0.717) is 11.9 Å². The first kappa shape index (κ1) is 32.7. The Balaban J connectivity index is 0.000000587. The summed E-state index contributed by atoms with van der Waals surface area (Å²) < 4.78 is 37.7. The second-order valence-electron chi connectivity index (χ2n) is 11.1. The number of hydrogen-bond acceptors (Lipinski definition) is 4. The van der Waals surface area contributed by atoms with Gasteiger partial charge in [0.05, 0.1) is 6.61 Å². The number of benzene rings is 2. The summed E-state index contributed by atoms with van der Waals surface area (Å²) in [5.74, 6) is -1.45. The molecule has 41 heavy (non-hydrogen) atoms. The largest absolute Gasteiger partial charge is 0.494 e. The maximum atomic E-state index is 13.1. The molecule has 1 atom stereocenters. The van der Waals surface area contributed by atoms with Crippen LogP contribution >= 0.6 is 11.6 Å². The lowest BCUT2D eigenvalue weighted by atomic mass is 9.93. The molecule has 1 aliphatic heterocycles. The number of ether oxygens (including phenoxy) is 1. The van der Waals surface area contributed by atoms with Crippen molar-refractivity contribution in [2.24, 2.45) is 5.92 Å². The average molecular weight is 597 g/mol. The van der Waals surface area contributed by atoms with Crippen LogP contribution in [0.5, 0.6) is 5.75 Å². The number of carboxylic acid groups (broad SMARTS) is 1. The Hall–Kier alpha value is -2.78. The molecule has 10 heteroatoms. The van der Waals surface area contributed by atoms with Gasteiger partial charge in [-0.25, -0.2) is 4.79 Å². The average Bonchev–Trinajstić information content (AvgIpc) is 3.28. The van der Waals surface area contributed by atoms with Crippen LogP contribution in [0, 0.1) is 12.8 Å². The first-order valence-electron chi connectivity index (χ1n) is 14.1. The van der Waals surface area contributed by atoms with Crippen molar-refractivity contribution < 1.29 is 32.6 Å². The highest BCUT2D eigenvalue weighted by atomic mass is 35.5. The molecule has 1 amide bonds. The van der Waals surface area contributed by atoms with E-state index in [0.717, 1.165) is 66.4 Å². The normalized spacial score (nSPS) is 17.9. The quantitative estimate of drug-likeness (QED) is 0.316. The number of carbonyl (C=O) groups is 2. The second-order valence-corrected chi connectivity index (χ2v) is 11.5. The smallest absolute Gasteiger partial charge is 0.490 e. The van der Waals surface area contributed by atoms with Crippen molar-refractivity contribution in [2.45, 2.75) is 70.5 Å². The Morgan fingerprint density at radius 2 is 1.78 bits per heavy atom. The molecule has 2 aromatic carbocycles. The number of likely N-dealkylation sites (tertiary alicyclic amines) is 1. The van der Waals surface area contributed by atoms with E-state index < -0.39 is 12.1 Å². The molecule has 1 aliphatic carbocycles. The maximum absolute atomic E-state index is 13.1. The fraction of sp³-hybridized carbons (Fsp3) is 0.548. The van der Waals surface area contributed by atoms with Gasteiger partial charge in [0.15, 0.2) is 0 Å². The molecule has 4 rings (SSSR count). The van der Waals surface area contributed by atoms with Gasteiger partial charge in [0.25, 0.3) is 0 Å². The topological polar surface area (TPSA) is 70.1 Å². The summed E-state index contributed by atoms with van der Waals surface area (Å²) in [6, 6.07) is 13.0. The van der Waals surface area contributed by atoms with Crippen molar-refractivity contribution in [3.05, 3.63) is 52.5 Å². The molecule has 2 fully saturated rings. The standard InChI is InChI=1S/C29H39ClN2O2.C2HF3O2/c1-21-18-26(34-17-7-15-31(2)3)12-13-27(21)22-10-11-23(28(30)20-22)19-24-14-16-32(29(24)33)25-8-5-4-6-9-25;3-2(4,5)1(6)7/h10-13,18,20,24-25H,4-9,14-17,19H2,1-3H3;(H,6,7). The minimum atomic E-state index is -5.08. The molecule has 1 heterocycles. The third-order valence-electron chi connectivity index (χ3n) is 7.66. The first-order valence-corrected chi connectivity index (χ1v) is 14.5. The number of hydrogen-bond donors (Lipinski definition) is 1. The maximum Gasteiger partial charge on any atom is 0.490 e. The van der Waals surface area contributed by atoms with Crippen LogP contribution in [-0.2, 0) is 16.0 Å². The van der Waals surface area contributed by atoms with Crippen LogP contribution in [0.2, 0.25) is 5.02 Å². The van der Waals surface area contributed by atoms with Gasteiger partial charge in [0.1, 0.15) is 5.75 Å². The zero-order valence-corrected chi connectivity index (χ0v) is 24.7. The molecule has 2 aliphatic rings. The molecule has 0 radical (unpaired) electrons. The summed E-state index contributed by atoms with van der Waals surface area (Å²) in [5, 5.41) is 7.88. The Morgan fingerprint density at radius 3 is 2.37 bits per heavy atom. The van der Waals surface area contributed by atoms with Crippen LogP contribution in [-0.4, -0.2) is 72.8 Å². The number of rotatable bonds is 9. The van der Waals surface area contributed by atoms with E-state index in [4.69, 9.17) is 26.2 Å². The SMILES string of the molecule is Cc1cc(OCCCN(C)C)ccc1-c1ccc(CC2CCN(C3CCCCC3)C2=O)c(Cl)c1.O=C(O)C(F)(F)F. The van der Waals surface area contributed by atoms with Gasteiger partial charge in [-0.1, -0.05) is 49.1 Å². The number of halogens is 4. The molecule has 2 aromatic rings. The van der Waals surface area contributed by atoms with E-state index >= 15 is 0 Å². The molecular formula is C31H40ClF3N2O4. The van der Waals surface area contributed by atoms with E-state index in [1.54, 1.807) is 0 Å². The zero-order chi connectivity index (χ0) is 30.2. The van der Waals surface area contributed by atoms with Crippen molar-refractivity contribution >= 4 is 23.5 Å². The van der Waals surface area contributed by atoms with Crippen LogP contribution < -0.4 is 4.74 Å². The van der Waals surface area contributed by atoms with E-state index in [9.17, 15) is 18.0 Å². The van der Waals surface area contributed by atoms with Crippen molar-refractivity contribution in [2.75, 3.05) is 33.8 Å². The van der Waals surface area contributed by atoms with E-state index in [-0.39, 0.29) is 5.92 Å². The van der Waals surface area contributed by atoms with Gasteiger partial charge in [0.2, 0.25) is 5.91 Å². The lowest BCUT2D eigenvalue weighted by molar-refractivity contribution is -0.192. The molecule has 1 saturated carbocycles. The molecule has 0 bridgehead atoms. The molecule has 1 N–H and O–H groups in total. The summed E-state index contributed by atoms with van der Waals surface area (Å²) in [4.78, 5) is 26.3. The van der Waals surface area contributed by atoms with Gasteiger partial charge in [0, 0.05) is 30.1 Å². The predicted octanol–water partition coefficient (Wildman–Crippen LogP) is 7.00. The molecule has 1 unspecified atom stereocenters. The second kappa shape index (κ2) is 14.9. The predicted molar refractivity (Wildman–Crippen MR) is 154 cm³/mol. The summed E-state index contributed by atoms with van der Waals surface area (Å²) >= 11 is 6.73. The van der Waals surface area contributed by atoms with Gasteiger partial charge in [-0.15, -0.1) is 0 Å². The molecule has 0 spiro atoms. The summed E-state index contributed by atoms with van der Waals surface area (Å²) in [7, 11) is 4.15. The molecular weight excluding hydrogens is 557 g/mol. The zero-order valence-electron chi connectivity index (χ0n) is 24.0. The van der Waals surface area contributed by atoms with Gasteiger partial charge in [-0.2, -0.15) is 13.2 Å². The summed E-state index contributed by atoms with van der Waals surface area (Å²) in [5.41, 5.74) is 4.51. The molecule has 226 valence electrons. The van der Waals surface area contributed by atoms with Crippen LogP contribution in [0.4, 0.5) is 13.2 Å². The number of nitrogens with zero attached hydrogens (tertiary/aromatic N) is 2. The van der Waals surface area contributed by atoms with E-state index in [1.807, 2.05) is 6.07 Å². The minimum absolute atomic E-state index is 0.0657. The lowest BCUT2D eigenvalue weighted by Crippen LogP contribution is -2.39. The van der Waals surface area contributed by atoms with E-state index in [1.165, 1.54) is 37.7 Å². The molecule has 1 saturated heterocycles. The van der Waals surface area contributed by atoms with Crippen molar-refractivity contribution in [1.82, 2.24) is 9.80 Å². The number of carbonyl (C=O) groups excluding carboxylic acids is 1. The monoisotopic (exact) mass is 596 g/mol. The number of carboxylic acids is 1. The van der Waals surface area contributed by atoms with E-state index in [2.05, 4.69) is 61.2 Å². The van der Waals surface area contributed by atoms with Crippen molar-refractivity contribution in [3.8, 4) is 16.9 Å². The minimum Gasteiger partial charge on any atom is -0.494 e. The number of amides is 1. The Kier molecular flexibility index (Phi) is 11.9. The van der Waals surface area contributed by atoms with Gasteiger partial charge >= 0.3 is 12.1 Å². The summed E-state index contributed by atoms with van der Waals surface area (Å²) in [6.07, 6.45) is 3.79. The van der Waals surface area contributed by atoms with Crippen molar-refractivity contribution in [3.63, 3.8) is 0 Å². The lowest BCUT2D eigenvalue weighted by Gasteiger charge is -2.31. The highest BCUT2D eigenvalue weighted by molar-refractivity contribution is 6.31. The Labute approximate surface area is 245 Å². The number of alkyl halides is 3. The Bertz CT molecular complexity index is 1180. The molecule has 0 aromatic heterocycles. The number of aryl methyl sites for hydroxylation is 1. The third kappa shape index (κ3) is 9.64. The first-order chi connectivity index (χ1) is 19.4. The van der Waals surface area contributed by atoms with Crippen molar-refractivity contribution in [1.29, 1.82) is 0 Å². The van der Waals surface area contributed by atoms with Crippen LogP contribution in [0.3, 0.4) is 0 Å². The number of aliphatic carboxylic acids is 1. The highest BCUT2D eigenvalue weighted by Crippen LogP contribution is 2.34. The fourth-order valence-electron chi connectivity index (χ4n) is 5.47. The van der Waals surface area contributed by atoms with Gasteiger partial charge in [-0.3, -0.25) is 4.79 Å². The van der Waals surface area contributed by atoms with Crippen LogP contribution in [0.1, 0.15) is 56.1 Å². The van der Waals surface area contributed by atoms with Crippen LogP contribution in [0.25, 0.3) is 11.1 Å². The summed E-state index contributed by atoms with van der Waals surface area (Å²) in [6.45, 7) is 4.76. The Morgan fingerprint density at radius 1 is 1.10 bits per heavy atom.